The van der Waals surface area contributed by atoms with Crippen LogP contribution in [0.25, 0.3) is 0 Å². The summed E-state index contributed by atoms with van der Waals surface area (Å²) >= 11 is 1.96. The van der Waals surface area contributed by atoms with Gasteiger partial charge in [-0.25, -0.2) is 0 Å². The van der Waals surface area contributed by atoms with E-state index in [1.807, 2.05) is 11.8 Å². The minimum Gasteiger partial charge on any atom is -0.324 e. The Bertz CT molecular complexity index is 309. The molecule has 2 heteroatoms. The molecule has 0 aliphatic carbocycles. The zero-order valence-corrected chi connectivity index (χ0v) is 8.73. The van der Waals surface area contributed by atoms with E-state index in [0.717, 1.165) is 6.42 Å². The number of benzene rings is 1. The van der Waals surface area contributed by atoms with Crippen molar-refractivity contribution >= 4 is 11.8 Å². The molecule has 0 amide bonds. The molecule has 1 unspecified atom stereocenters. The van der Waals surface area contributed by atoms with Gasteiger partial charge in [-0.1, -0.05) is 18.2 Å². The zero-order chi connectivity index (χ0) is 9.26. The number of thioether (sulfide) groups is 1. The Balaban J connectivity index is 2.47. The predicted octanol–water partition coefficient (Wildman–Crippen LogP) is 2.88. The smallest absolute Gasteiger partial charge is 0.0306 e. The molecule has 1 heterocycles. The van der Waals surface area contributed by atoms with Gasteiger partial charge in [0.05, 0.1) is 0 Å². The van der Waals surface area contributed by atoms with E-state index in [9.17, 15) is 0 Å². The highest BCUT2D eigenvalue weighted by Crippen LogP contribution is 2.35. The van der Waals surface area contributed by atoms with E-state index in [1.54, 1.807) is 0 Å². The molecule has 0 fully saturated rings. The van der Waals surface area contributed by atoms with Gasteiger partial charge < -0.3 is 5.73 Å². The monoisotopic (exact) mass is 193 g/mol. The van der Waals surface area contributed by atoms with Gasteiger partial charge in [-0.2, -0.15) is 0 Å². The maximum Gasteiger partial charge on any atom is 0.0306 e. The molecule has 0 bridgehead atoms. The summed E-state index contributed by atoms with van der Waals surface area (Å²) in [5, 5.41) is 0. The Morgan fingerprint density at radius 1 is 1.46 bits per heavy atom. The summed E-state index contributed by atoms with van der Waals surface area (Å²) in [5.74, 6) is 1.21. The quantitative estimate of drug-likeness (QED) is 0.685. The van der Waals surface area contributed by atoms with Crippen LogP contribution in [-0.4, -0.2) is 5.75 Å². The molecule has 0 aromatic heterocycles. The first-order valence-electron chi connectivity index (χ1n) is 4.77. The fourth-order valence-corrected chi connectivity index (χ4v) is 2.99. The third-order valence-corrected chi connectivity index (χ3v) is 3.89. The molecule has 1 atom stereocenters. The highest BCUT2D eigenvalue weighted by atomic mass is 32.2. The van der Waals surface area contributed by atoms with Crippen molar-refractivity contribution in [3.05, 3.63) is 29.3 Å². The minimum absolute atomic E-state index is 0.255. The first-order valence-corrected chi connectivity index (χ1v) is 5.75. The average Bonchev–Trinajstić information content (AvgIpc) is 2.30. The van der Waals surface area contributed by atoms with Crippen LogP contribution in [0.3, 0.4) is 0 Å². The van der Waals surface area contributed by atoms with Crippen LogP contribution in [0.2, 0.25) is 0 Å². The number of hydrogen-bond acceptors (Lipinski definition) is 2. The van der Waals surface area contributed by atoms with Gasteiger partial charge >= 0.3 is 0 Å². The van der Waals surface area contributed by atoms with E-state index in [4.69, 9.17) is 5.73 Å². The van der Waals surface area contributed by atoms with Crippen molar-refractivity contribution in [2.24, 2.45) is 5.73 Å². The summed E-state index contributed by atoms with van der Waals surface area (Å²) in [6, 6.07) is 6.71. The maximum absolute atomic E-state index is 6.10. The van der Waals surface area contributed by atoms with Crippen molar-refractivity contribution in [1.29, 1.82) is 0 Å². The Morgan fingerprint density at radius 3 is 3.15 bits per heavy atom. The molecule has 2 N–H and O–H groups in total. The highest BCUT2D eigenvalue weighted by Gasteiger charge is 2.16. The molecule has 1 nitrogen and oxygen atoms in total. The number of rotatable bonds is 0. The number of nitrogens with two attached hydrogens (primary N) is 1. The van der Waals surface area contributed by atoms with Crippen molar-refractivity contribution in [3.8, 4) is 0 Å². The van der Waals surface area contributed by atoms with Crippen molar-refractivity contribution in [1.82, 2.24) is 0 Å². The van der Waals surface area contributed by atoms with Crippen LogP contribution in [0.15, 0.2) is 23.1 Å². The lowest BCUT2D eigenvalue weighted by atomic mass is 10.0. The van der Waals surface area contributed by atoms with Gasteiger partial charge in [-0.05, 0) is 36.6 Å². The molecule has 0 saturated carbocycles. The van der Waals surface area contributed by atoms with Crippen LogP contribution < -0.4 is 5.73 Å². The molecular weight excluding hydrogens is 178 g/mol. The first kappa shape index (κ1) is 9.10. The summed E-state index contributed by atoms with van der Waals surface area (Å²) in [6.07, 6.45) is 2.36. The van der Waals surface area contributed by atoms with Gasteiger partial charge in [-0.3, -0.25) is 0 Å². The second kappa shape index (κ2) is 3.72. The topological polar surface area (TPSA) is 26.0 Å². The second-order valence-corrected chi connectivity index (χ2v) is 4.70. The van der Waals surface area contributed by atoms with E-state index in [-0.39, 0.29) is 6.04 Å². The molecule has 0 saturated heterocycles. The molecule has 1 aliphatic rings. The zero-order valence-electron chi connectivity index (χ0n) is 7.92. The highest BCUT2D eigenvalue weighted by molar-refractivity contribution is 7.99. The summed E-state index contributed by atoms with van der Waals surface area (Å²) in [7, 11) is 0. The lowest BCUT2D eigenvalue weighted by Crippen LogP contribution is -2.10. The van der Waals surface area contributed by atoms with Crippen LogP contribution in [0.4, 0.5) is 0 Å². The standard InChI is InChI=1S/C11H15NS/c1-8-4-2-5-9-10(12)6-3-7-13-11(8)9/h2,4-5,10H,3,6-7,12H2,1H3. The van der Waals surface area contributed by atoms with Crippen LogP contribution in [0, 0.1) is 6.92 Å². The van der Waals surface area contributed by atoms with Crippen molar-refractivity contribution < 1.29 is 0 Å². The largest absolute Gasteiger partial charge is 0.324 e. The maximum atomic E-state index is 6.10. The van der Waals surface area contributed by atoms with Crippen LogP contribution in [0.5, 0.6) is 0 Å². The Labute approximate surface area is 83.7 Å². The SMILES string of the molecule is Cc1cccc2c1SCCCC2N. The Morgan fingerprint density at radius 2 is 2.31 bits per heavy atom. The fraction of sp³-hybridized carbons (Fsp3) is 0.455. The Hall–Kier alpha value is -0.470. The molecule has 1 aromatic carbocycles. The molecule has 1 aliphatic heterocycles. The third kappa shape index (κ3) is 1.74. The summed E-state index contributed by atoms with van der Waals surface area (Å²) in [5.41, 5.74) is 8.83. The minimum atomic E-state index is 0.255. The normalized spacial score (nSPS) is 22.2. The van der Waals surface area contributed by atoms with Gasteiger partial charge in [0.1, 0.15) is 0 Å². The van der Waals surface area contributed by atoms with Gasteiger partial charge in [0.25, 0.3) is 0 Å². The summed E-state index contributed by atoms with van der Waals surface area (Å²) < 4.78 is 0. The van der Waals surface area contributed by atoms with E-state index in [1.165, 1.54) is 28.2 Å². The van der Waals surface area contributed by atoms with Gasteiger partial charge in [0.2, 0.25) is 0 Å². The lowest BCUT2D eigenvalue weighted by Gasteiger charge is -2.13. The fourth-order valence-electron chi connectivity index (χ4n) is 1.80. The van der Waals surface area contributed by atoms with E-state index < -0.39 is 0 Å². The molecule has 0 spiro atoms. The van der Waals surface area contributed by atoms with E-state index in [0.29, 0.717) is 0 Å². The number of hydrogen-bond donors (Lipinski definition) is 1. The van der Waals surface area contributed by atoms with Gasteiger partial charge in [-0.15, -0.1) is 11.8 Å². The summed E-state index contributed by atoms with van der Waals surface area (Å²) in [4.78, 5) is 1.42. The molecule has 0 radical (unpaired) electrons. The molecule has 70 valence electrons. The van der Waals surface area contributed by atoms with Crippen molar-refractivity contribution in [2.45, 2.75) is 30.7 Å². The summed E-state index contributed by atoms with van der Waals surface area (Å²) in [6.45, 7) is 2.17. The van der Waals surface area contributed by atoms with Crippen LogP contribution in [-0.2, 0) is 0 Å². The van der Waals surface area contributed by atoms with Crippen LogP contribution in [0.1, 0.15) is 30.0 Å². The second-order valence-electron chi connectivity index (χ2n) is 3.59. The third-order valence-electron chi connectivity index (χ3n) is 2.55. The van der Waals surface area contributed by atoms with Gasteiger partial charge in [0.15, 0.2) is 0 Å². The van der Waals surface area contributed by atoms with E-state index >= 15 is 0 Å². The molecular formula is C11H15NS. The van der Waals surface area contributed by atoms with Crippen LogP contribution >= 0.6 is 11.8 Å². The predicted molar refractivity (Wildman–Crippen MR) is 58.1 cm³/mol. The number of fused-ring (bicyclic) bond motifs is 1. The van der Waals surface area contributed by atoms with Gasteiger partial charge in [0, 0.05) is 10.9 Å². The average molecular weight is 193 g/mol. The molecule has 1 aromatic rings. The lowest BCUT2D eigenvalue weighted by molar-refractivity contribution is 0.639. The van der Waals surface area contributed by atoms with Crippen molar-refractivity contribution in [3.63, 3.8) is 0 Å². The van der Waals surface area contributed by atoms with Crippen molar-refractivity contribution in [2.75, 3.05) is 5.75 Å². The molecule has 2 rings (SSSR count). The Kier molecular flexibility index (Phi) is 2.61. The van der Waals surface area contributed by atoms with E-state index in [2.05, 4.69) is 25.1 Å². The first-order chi connectivity index (χ1) is 6.29. The molecule has 13 heavy (non-hydrogen) atoms. The number of aryl methyl sites for hydroxylation is 1.